The monoisotopic (exact) mass is 487 g/mol. The maximum absolute atomic E-state index is 12.5. The number of thioether (sulfide) groups is 1. The Hall–Kier alpha value is -3.28. The predicted molar refractivity (Wildman–Crippen MR) is 142 cm³/mol. The fourth-order valence-electron chi connectivity index (χ4n) is 3.78. The Bertz CT molecular complexity index is 1330. The number of aromatic nitrogens is 1. The van der Waals surface area contributed by atoms with Crippen molar-refractivity contribution >= 4 is 35.5 Å². The normalized spacial score (nSPS) is 11.2. The average Bonchev–Trinajstić information content (AvgIpc) is 3.12. The topological polar surface area (TPSA) is 46.4 Å². The van der Waals surface area contributed by atoms with E-state index >= 15 is 0 Å². The molecule has 1 heterocycles. The van der Waals surface area contributed by atoms with E-state index in [-0.39, 0.29) is 5.91 Å². The van der Waals surface area contributed by atoms with Crippen molar-refractivity contribution in [3.8, 4) is 5.69 Å². The summed E-state index contributed by atoms with van der Waals surface area (Å²) in [5.74, 6) is 0.582. The molecule has 34 heavy (non-hydrogen) atoms. The quantitative estimate of drug-likeness (QED) is 0.171. The van der Waals surface area contributed by atoms with E-state index in [0.29, 0.717) is 5.56 Å². The van der Waals surface area contributed by atoms with Crippen LogP contribution in [0.25, 0.3) is 5.69 Å². The number of amides is 1. The molecule has 0 bridgehead atoms. The SMILES string of the molecule is Cc1ccccc1-n1c(C)cc(/C=N/NC(=O)c2ccc(CSc3ccc(Cl)cc3)cc2)c1C. The highest BCUT2D eigenvalue weighted by molar-refractivity contribution is 7.98. The second kappa shape index (κ2) is 10.8. The summed E-state index contributed by atoms with van der Waals surface area (Å²) >= 11 is 7.66. The lowest BCUT2D eigenvalue weighted by molar-refractivity contribution is 0.0955. The molecule has 0 aliphatic heterocycles. The van der Waals surface area contributed by atoms with Crippen LogP contribution in [0.5, 0.6) is 0 Å². The molecule has 0 aliphatic rings. The Morgan fingerprint density at radius 3 is 2.41 bits per heavy atom. The van der Waals surface area contributed by atoms with Crippen LogP contribution in [0.15, 0.2) is 88.9 Å². The van der Waals surface area contributed by atoms with Crippen LogP contribution in [0.2, 0.25) is 5.02 Å². The largest absolute Gasteiger partial charge is 0.318 e. The van der Waals surface area contributed by atoms with Crippen molar-refractivity contribution in [1.82, 2.24) is 9.99 Å². The first kappa shape index (κ1) is 23.9. The van der Waals surface area contributed by atoms with Crippen LogP contribution in [0, 0.1) is 20.8 Å². The summed E-state index contributed by atoms with van der Waals surface area (Å²) in [6.07, 6.45) is 1.70. The van der Waals surface area contributed by atoms with Gasteiger partial charge in [-0.3, -0.25) is 4.79 Å². The van der Waals surface area contributed by atoms with Crippen LogP contribution in [0.3, 0.4) is 0 Å². The molecule has 0 radical (unpaired) electrons. The molecule has 0 spiro atoms. The van der Waals surface area contributed by atoms with Crippen molar-refractivity contribution in [3.05, 3.63) is 118 Å². The summed E-state index contributed by atoms with van der Waals surface area (Å²) in [6, 6.07) is 25.7. The molecule has 0 saturated carbocycles. The first-order valence-corrected chi connectivity index (χ1v) is 12.3. The second-order valence-electron chi connectivity index (χ2n) is 8.09. The van der Waals surface area contributed by atoms with Crippen LogP contribution in [0.1, 0.15) is 38.4 Å². The number of hydrogen-bond donors (Lipinski definition) is 1. The Labute approximate surface area is 209 Å². The first-order chi connectivity index (χ1) is 16.4. The second-order valence-corrected chi connectivity index (χ2v) is 9.57. The van der Waals surface area contributed by atoms with Crippen LogP contribution in [-0.2, 0) is 5.75 Å². The van der Waals surface area contributed by atoms with E-state index in [2.05, 4.69) is 54.1 Å². The van der Waals surface area contributed by atoms with Gasteiger partial charge in [0.25, 0.3) is 5.91 Å². The van der Waals surface area contributed by atoms with Gasteiger partial charge in [0.15, 0.2) is 0 Å². The third kappa shape index (κ3) is 5.61. The van der Waals surface area contributed by atoms with Gasteiger partial charge in [-0.05, 0) is 80.4 Å². The van der Waals surface area contributed by atoms with Crippen LogP contribution >= 0.6 is 23.4 Å². The number of para-hydroxylation sites is 1. The third-order valence-electron chi connectivity index (χ3n) is 5.63. The highest BCUT2D eigenvalue weighted by atomic mass is 35.5. The number of halogens is 1. The molecule has 3 aromatic carbocycles. The highest BCUT2D eigenvalue weighted by Crippen LogP contribution is 2.25. The van der Waals surface area contributed by atoms with Crippen molar-refractivity contribution in [2.75, 3.05) is 0 Å². The Morgan fingerprint density at radius 1 is 1.00 bits per heavy atom. The van der Waals surface area contributed by atoms with Crippen LogP contribution in [-0.4, -0.2) is 16.7 Å². The molecule has 1 amide bonds. The molecule has 4 aromatic rings. The summed E-state index contributed by atoms with van der Waals surface area (Å²) in [6.45, 7) is 6.23. The Morgan fingerprint density at radius 2 is 1.71 bits per heavy atom. The van der Waals surface area contributed by atoms with Gasteiger partial charge >= 0.3 is 0 Å². The molecule has 1 aromatic heterocycles. The zero-order valence-corrected chi connectivity index (χ0v) is 21.0. The molecule has 0 fully saturated rings. The molecule has 4 nitrogen and oxygen atoms in total. The van der Waals surface area contributed by atoms with Gasteiger partial charge in [0, 0.05) is 43.9 Å². The molecular formula is C28H26ClN3OS. The molecule has 0 atom stereocenters. The van der Waals surface area contributed by atoms with Gasteiger partial charge in [-0.1, -0.05) is 41.9 Å². The number of carbonyl (C=O) groups is 1. The zero-order valence-electron chi connectivity index (χ0n) is 19.4. The molecule has 0 saturated heterocycles. The average molecular weight is 488 g/mol. The summed E-state index contributed by atoms with van der Waals surface area (Å²) < 4.78 is 2.21. The number of nitrogens with one attached hydrogen (secondary N) is 1. The van der Waals surface area contributed by atoms with Crippen molar-refractivity contribution in [1.29, 1.82) is 0 Å². The summed E-state index contributed by atoms with van der Waals surface area (Å²) in [5, 5.41) is 4.93. The number of aryl methyl sites for hydroxylation is 2. The standard InChI is InChI=1S/C28H26ClN3OS/c1-19-6-4-5-7-27(19)32-20(2)16-24(21(32)3)17-30-31-28(33)23-10-8-22(9-11-23)18-34-26-14-12-25(29)13-15-26/h4-17H,18H2,1-3H3,(H,31,33)/b30-17+. The lowest BCUT2D eigenvalue weighted by Gasteiger charge is -2.12. The number of hydrazone groups is 1. The van der Waals surface area contributed by atoms with Crippen molar-refractivity contribution in [2.24, 2.45) is 5.10 Å². The molecule has 1 N–H and O–H groups in total. The smallest absolute Gasteiger partial charge is 0.271 e. The molecule has 6 heteroatoms. The van der Waals surface area contributed by atoms with E-state index in [1.54, 1.807) is 18.0 Å². The van der Waals surface area contributed by atoms with Crippen LogP contribution < -0.4 is 5.43 Å². The fourth-order valence-corrected chi connectivity index (χ4v) is 4.76. The maximum Gasteiger partial charge on any atom is 0.271 e. The predicted octanol–water partition coefficient (Wildman–Crippen LogP) is 7.11. The van der Waals surface area contributed by atoms with E-state index < -0.39 is 0 Å². The maximum atomic E-state index is 12.5. The van der Waals surface area contributed by atoms with Crippen molar-refractivity contribution in [2.45, 2.75) is 31.4 Å². The van der Waals surface area contributed by atoms with Gasteiger partial charge in [0.1, 0.15) is 0 Å². The molecule has 0 unspecified atom stereocenters. The number of benzene rings is 3. The third-order valence-corrected chi connectivity index (χ3v) is 6.97. The Balaban J connectivity index is 1.37. The number of hydrogen-bond acceptors (Lipinski definition) is 3. The number of rotatable bonds is 7. The van der Waals surface area contributed by atoms with Gasteiger partial charge in [-0.25, -0.2) is 5.43 Å². The van der Waals surface area contributed by atoms with E-state index in [9.17, 15) is 4.79 Å². The summed E-state index contributed by atoms with van der Waals surface area (Å²) in [4.78, 5) is 13.7. The van der Waals surface area contributed by atoms with Crippen molar-refractivity contribution in [3.63, 3.8) is 0 Å². The fraction of sp³-hybridized carbons (Fsp3) is 0.143. The summed E-state index contributed by atoms with van der Waals surface area (Å²) in [7, 11) is 0. The minimum atomic E-state index is -0.235. The van der Waals surface area contributed by atoms with E-state index in [1.165, 1.54) is 5.56 Å². The summed E-state index contributed by atoms with van der Waals surface area (Å²) in [5.41, 5.74) is 9.87. The van der Waals surface area contributed by atoms with E-state index in [4.69, 9.17) is 11.6 Å². The van der Waals surface area contributed by atoms with Crippen molar-refractivity contribution < 1.29 is 4.79 Å². The van der Waals surface area contributed by atoms with Gasteiger partial charge in [-0.15, -0.1) is 11.8 Å². The van der Waals surface area contributed by atoms with Crippen LogP contribution in [0.4, 0.5) is 0 Å². The van der Waals surface area contributed by atoms with Gasteiger partial charge in [-0.2, -0.15) is 5.10 Å². The Kier molecular flexibility index (Phi) is 7.56. The van der Waals surface area contributed by atoms with E-state index in [1.807, 2.05) is 60.7 Å². The van der Waals surface area contributed by atoms with Gasteiger partial charge in [0.2, 0.25) is 0 Å². The van der Waals surface area contributed by atoms with Gasteiger partial charge < -0.3 is 4.57 Å². The lowest BCUT2D eigenvalue weighted by Crippen LogP contribution is -2.17. The minimum absolute atomic E-state index is 0.235. The highest BCUT2D eigenvalue weighted by Gasteiger charge is 2.11. The molecular weight excluding hydrogens is 462 g/mol. The van der Waals surface area contributed by atoms with Gasteiger partial charge in [0.05, 0.1) is 6.21 Å². The first-order valence-electron chi connectivity index (χ1n) is 11.0. The minimum Gasteiger partial charge on any atom is -0.318 e. The molecule has 0 aliphatic carbocycles. The van der Waals surface area contributed by atoms with E-state index in [0.717, 1.165) is 43.9 Å². The lowest BCUT2D eigenvalue weighted by atomic mass is 10.1. The number of carbonyl (C=O) groups excluding carboxylic acids is 1. The molecule has 172 valence electrons. The zero-order chi connectivity index (χ0) is 24.1. The molecule has 4 rings (SSSR count). The number of nitrogens with zero attached hydrogens (tertiary/aromatic N) is 2.